The number of anilines is 2. The molecule has 0 radical (unpaired) electrons. The third-order valence-corrected chi connectivity index (χ3v) is 7.59. The summed E-state index contributed by atoms with van der Waals surface area (Å²) in [6.45, 7) is 4.53. The van der Waals surface area contributed by atoms with Crippen LogP contribution in [0.1, 0.15) is 30.0 Å². The molecule has 0 aliphatic rings. The highest BCUT2D eigenvalue weighted by molar-refractivity contribution is 7.98. The van der Waals surface area contributed by atoms with Crippen LogP contribution in [0.2, 0.25) is 0 Å². The number of benzene rings is 1. The van der Waals surface area contributed by atoms with Crippen LogP contribution in [0.15, 0.2) is 58.6 Å². The number of hydrogen-bond donors (Lipinski definition) is 0. The Kier molecular flexibility index (Phi) is 7.16. The minimum atomic E-state index is -0.0391. The highest BCUT2D eigenvalue weighted by Gasteiger charge is 2.20. The number of carbonyl (C=O) groups is 1. The molecule has 0 saturated carbocycles. The maximum absolute atomic E-state index is 12.4. The van der Waals surface area contributed by atoms with Gasteiger partial charge in [-0.3, -0.25) is 9.69 Å². The van der Waals surface area contributed by atoms with Gasteiger partial charge in [-0.05, 0) is 35.9 Å². The molecule has 0 aliphatic heterocycles. The summed E-state index contributed by atoms with van der Waals surface area (Å²) in [6, 6.07) is 12.2. The SMILES string of the molecule is CCc1ccccc1N(C(C)=O)c1nc(CSc2nncn2CCc2cccs2)cs1. The Balaban J connectivity index is 1.44. The summed E-state index contributed by atoms with van der Waals surface area (Å²) in [6.07, 6.45) is 3.60. The first-order valence-corrected chi connectivity index (χ1v) is 12.8. The van der Waals surface area contributed by atoms with E-state index in [2.05, 4.69) is 45.3 Å². The van der Waals surface area contributed by atoms with Gasteiger partial charge in [0.2, 0.25) is 5.91 Å². The number of aromatic nitrogens is 4. The molecule has 9 heteroatoms. The molecular formula is C22H23N5OS3. The largest absolute Gasteiger partial charge is 0.308 e. The van der Waals surface area contributed by atoms with Crippen LogP contribution in [0.5, 0.6) is 0 Å². The monoisotopic (exact) mass is 469 g/mol. The third kappa shape index (κ3) is 5.23. The van der Waals surface area contributed by atoms with Gasteiger partial charge in [-0.15, -0.1) is 32.9 Å². The number of nitrogens with zero attached hydrogens (tertiary/aromatic N) is 5. The molecule has 0 bridgehead atoms. The van der Waals surface area contributed by atoms with Gasteiger partial charge in [0.25, 0.3) is 0 Å². The summed E-state index contributed by atoms with van der Waals surface area (Å²) in [5, 5.41) is 14.0. The number of thioether (sulfide) groups is 1. The molecule has 0 N–H and O–H groups in total. The standard InChI is InChI=1S/C22H23N5OS3/c1-3-17-7-4-5-9-20(17)27(16(2)28)21-24-18(13-30-21)14-31-22-25-23-15-26(22)11-10-19-8-6-12-29-19/h4-9,12-13,15H,3,10-11,14H2,1-2H3. The van der Waals surface area contributed by atoms with Crippen LogP contribution < -0.4 is 4.90 Å². The lowest BCUT2D eigenvalue weighted by Gasteiger charge is -2.20. The summed E-state index contributed by atoms with van der Waals surface area (Å²) >= 11 is 4.87. The second kappa shape index (κ2) is 10.2. The predicted octanol–water partition coefficient (Wildman–Crippen LogP) is 5.58. The third-order valence-electron chi connectivity index (χ3n) is 4.77. The maximum Gasteiger partial charge on any atom is 0.230 e. The lowest BCUT2D eigenvalue weighted by Crippen LogP contribution is -2.23. The van der Waals surface area contributed by atoms with Crippen molar-refractivity contribution in [3.8, 4) is 0 Å². The molecule has 4 aromatic rings. The molecule has 0 spiro atoms. The number of para-hydroxylation sites is 1. The van der Waals surface area contributed by atoms with Crippen molar-refractivity contribution >= 4 is 51.2 Å². The van der Waals surface area contributed by atoms with E-state index in [4.69, 9.17) is 4.98 Å². The number of rotatable bonds is 9. The van der Waals surface area contributed by atoms with Gasteiger partial charge in [-0.25, -0.2) is 4.98 Å². The fraction of sp³-hybridized carbons (Fsp3) is 0.273. The van der Waals surface area contributed by atoms with Crippen LogP contribution >= 0.6 is 34.4 Å². The van der Waals surface area contributed by atoms with Crippen molar-refractivity contribution in [3.63, 3.8) is 0 Å². The first-order chi connectivity index (χ1) is 15.2. The average molecular weight is 470 g/mol. The fourth-order valence-corrected chi connectivity index (χ4v) is 5.75. The van der Waals surface area contributed by atoms with Crippen LogP contribution in [0.3, 0.4) is 0 Å². The van der Waals surface area contributed by atoms with Crippen molar-refractivity contribution in [2.75, 3.05) is 4.90 Å². The van der Waals surface area contributed by atoms with E-state index in [-0.39, 0.29) is 5.91 Å². The number of aryl methyl sites for hydroxylation is 3. The van der Waals surface area contributed by atoms with Crippen molar-refractivity contribution in [3.05, 3.63) is 69.6 Å². The lowest BCUT2D eigenvalue weighted by atomic mass is 10.1. The molecule has 3 heterocycles. The van der Waals surface area contributed by atoms with Crippen molar-refractivity contribution in [2.45, 2.75) is 44.1 Å². The Bertz CT molecular complexity index is 1140. The van der Waals surface area contributed by atoms with E-state index < -0.39 is 0 Å². The Labute approximate surface area is 194 Å². The van der Waals surface area contributed by atoms with E-state index in [0.717, 1.165) is 41.5 Å². The molecule has 31 heavy (non-hydrogen) atoms. The van der Waals surface area contributed by atoms with Crippen molar-refractivity contribution < 1.29 is 4.79 Å². The summed E-state index contributed by atoms with van der Waals surface area (Å²) in [5.74, 6) is 0.637. The van der Waals surface area contributed by atoms with Gasteiger partial charge in [0, 0.05) is 29.5 Å². The highest BCUT2D eigenvalue weighted by Crippen LogP contribution is 2.33. The van der Waals surface area contributed by atoms with Crippen molar-refractivity contribution in [2.24, 2.45) is 0 Å². The van der Waals surface area contributed by atoms with E-state index in [1.54, 1.807) is 41.2 Å². The van der Waals surface area contributed by atoms with Crippen LogP contribution in [0, 0.1) is 0 Å². The average Bonchev–Trinajstić information content (AvgIpc) is 3.53. The van der Waals surface area contributed by atoms with E-state index in [0.29, 0.717) is 10.9 Å². The van der Waals surface area contributed by atoms with Crippen LogP contribution in [-0.2, 0) is 29.9 Å². The molecule has 0 atom stereocenters. The smallest absolute Gasteiger partial charge is 0.230 e. The molecule has 3 aromatic heterocycles. The number of carbonyl (C=O) groups excluding carboxylic acids is 1. The normalized spacial score (nSPS) is 11.0. The Morgan fingerprint density at radius 3 is 2.84 bits per heavy atom. The maximum atomic E-state index is 12.4. The van der Waals surface area contributed by atoms with Gasteiger partial charge >= 0.3 is 0 Å². The van der Waals surface area contributed by atoms with E-state index in [1.165, 1.54) is 16.2 Å². The summed E-state index contributed by atoms with van der Waals surface area (Å²) in [7, 11) is 0. The van der Waals surface area contributed by atoms with Crippen LogP contribution in [0.4, 0.5) is 10.8 Å². The fourth-order valence-electron chi connectivity index (χ4n) is 3.23. The zero-order valence-corrected chi connectivity index (χ0v) is 19.8. The van der Waals surface area contributed by atoms with Gasteiger partial charge in [-0.1, -0.05) is 43.0 Å². The summed E-state index contributed by atoms with van der Waals surface area (Å²) < 4.78 is 2.08. The number of thiazole rings is 1. The van der Waals surface area contributed by atoms with Crippen LogP contribution in [-0.4, -0.2) is 25.7 Å². The second-order valence-electron chi connectivity index (χ2n) is 6.88. The van der Waals surface area contributed by atoms with Gasteiger partial charge in [-0.2, -0.15) is 0 Å². The minimum absolute atomic E-state index is 0.0391. The number of amides is 1. The lowest BCUT2D eigenvalue weighted by molar-refractivity contribution is -0.115. The molecule has 0 saturated heterocycles. The van der Waals surface area contributed by atoms with Crippen molar-refractivity contribution in [1.29, 1.82) is 0 Å². The van der Waals surface area contributed by atoms with Crippen molar-refractivity contribution in [1.82, 2.24) is 19.7 Å². The quantitative estimate of drug-likeness (QED) is 0.300. The number of thiophene rings is 1. The zero-order chi connectivity index (χ0) is 21.6. The zero-order valence-electron chi connectivity index (χ0n) is 17.4. The molecular weight excluding hydrogens is 446 g/mol. The van der Waals surface area contributed by atoms with Gasteiger partial charge in [0.05, 0.1) is 11.4 Å². The minimum Gasteiger partial charge on any atom is -0.308 e. The molecule has 1 amide bonds. The molecule has 0 fully saturated rings. The Morgan fingerprint density at radius 2 is 2.06 bits per heavy atom. The molecule has 160 valence electrons. The Morgan fingerprint density at radius 1 is 1.19 bits per heavy atom. The molecule has 0 unspecified atom stereocenters. The number of hydrogen-bond acceptors (Lipinski definition) is 7. The molecule has 1 aromatic carbocycles. The van der Waals surface area contributed by atoms with Gasteiger partial charge in [0.1, 0.15) is 6.33 Å². The highest BCUT2D eigenvalue weighted by atomic mass is 32.2. The van der Waals surface area contributed by atoms with E-state index in [9.17, 15) is 4.79 Å². The van der Waals surface area contributed by atoms with Gasteiger partial charge < -0.3 is 4.57 Å². The van der Waals surface area contributed by atoms with Crippen LogP contribution in [0.25, 0.3) is 0 Å². The van der Waals surface area contributed by atoms with E-state index >= 15 is 0 Å². The molecule has 4 rings (SSSR count). The first-order valence-electron chi connectivity index (χ1n) is 10.0. The summed E-state index contributed by atoms with van der Waals surface area (Å²) in [4.78, 5) is 20.3. The predicted molar refractivity (Wildman–Crippen MR) is 128 cm³/mol. The first kappa shape index (κ1) is 21.7. The van der Waals surface area contributed by atoms with E-state index in [1.807, 2.05) is 23.6 Å². The Hall–Kier alpha value is -2.49. The summed E-state index contributed by atoms with van der Waals surface area (Å²) in [5.41, 5.74) is 2.96. The second-order valence-corrected chi connectivity index (χ2v) is 9.69. The molecule has 0 aliphatic carbocycles. The van der Waals surface area contributed by atoms with Gasteiger partial charge in [0.15, 0.2) is 10.3 Å². The molecule has 6 nitrogen and oxygen atoms in total. The topological polar surface area (TPSA) is 63.9 Å².